The van der Waals surface area contributed by atoms with E-state index in [-0.39, 0.29) is 11.7 Å². The molecule has 0 spiro atoms. The zero-order valence-electron chi connectivity index (χ0n) is 23.6. The average Bonchev–Trinajstić information content (AvgIpc) is 3.43. The van der Waals surface area contributed by atoms with Crippen LogP contribution in [0.4, 0.5) is 11.4 Å². The zero-order valence-corrected chi connectivity index (χ0v) is 23.6. The topological polar surface area (TPSA) is 68.0 Å². The molecule has 1 aromatic heterocycles. The summed E-state index contributed by atoms with van der Waals surface area (Å²) in [6, 6.07) is 26.6. The number of likely N-dealkylation sites (tertiary alicyclic amines) is 1. The van der Waals surface area contributed by atoms with Crippen LogP contribution in [0.1, 0.15) is 18.9 Å². The lowest BCUT2D eigenvalue weighted by Gasteiger charge is -2.37. The lowest BCUT2D eigenvalue weighted by atomic mass is 10.1. The molecule has 0 unspecified atom stereocenters. The minimum Gasteiger partial charge on any atom is -0.497 e. The Morgan fingerprint density at radius 3 is 1.93 bits per heavy atom. The van der Waals surface area contributed by atoms with Gasteiger partial charge in [-0.15, -0.1) is 0 Å². The Hall–Kier alpha value is -4.24. The second kappa shape index (κ2) is 12.5. The molecular formula is C32H38N6O3. The van der Waals surface area contributed by atoms with E-state index >= 15 is 0 Å². The van der Waals surface area contributed by atoms with Crippen molar-refractivity contribution in [1.29, 1.82) is 0 Å². The summed E-state index contributed by atoms with van der Waals surface area (Å²) < 4.78 is 14.5. The standard InChI is InChI=1S/C32H38N6O3/c1-40-30-13-11-27(12-14-30)36-21-19-35(20-22-36)26-7-9-28(10-8-26)37-25-33-38(32(37)39)29-15-17-34(18-16-29)23-24-41-31-5-3-2-4-6-31/h2-14,25,29H,15-24H2,1H3. The molecule has 2 saturated heterocycles. The van der Waals surface area contributed by atoms with Gasteiger partial charge < -0.3 is 19.3 Å². The second-order valence-corrected chi connectivity index (χ2v) is 10.7. The number of nitrogens with zero attached hydrogens (tertiary/aromatic N) is 6. The van der Waals surface area contributed by atoms with Gasteiger partial charge in [-0.1, -0.05) is 18.2 Å². The Morgan fingerprint density at radius 2 is 1.32 bits per heavy atom. The molecular weight excluding hydrogens is 516 g/mol. The molecule has 2 fully saturated rings. The van der Waals surface area contributed by atoms with E-state index < -0.39 is 0 Å². The molecule has 214 valence electrons. The van der Waals surface area contributed by atoms with Crippen molar-refractivity contribution in [3.8, 4) is 17.2 Å². The second-order valence-electron chi connectivity index (χ2n) is 10.7. The summed E-state index contributed by atoms with van der Waals surface area (Å²) in [5, 5.41) is 4.50. The number of anilines is 2. The smallest absolute Gasteiger partial charge is 0.350 e. The molecule has 9 heteroatoms. The summed E-state index contributed by atoms with van der Waals surface area (Å²) in [6.45, 7) is 7.22. The molecule has 0 aliphatic carbocycles. The molecule has 0 atom stereocenters. The highest BCUT2D eigenvalue weighted by molar-refractivity contribution is 5.54. The monoisotopic (exact) mass is 554 g/mol. The molecule has 41 heavy (non-hydrogen) atoms. The van der Waals surface area contributed by atoms with Gasteiger partial charge in [-0.05, 0) is 73.5 Å². The SMILES string of the molecule is COc1ccc(N2CCN(c3ccc(-n4cnn(C5CCN(CCOc6ccccc6)CC5)c4=O)cc3)CC2)cc1. The fourth-order valence-corrected chi connectivity index (χ4v) is 5.78. The minimum atomic E-state index is -0.0725. The van der Waals surface area contributed by atoms with Crippen molar-refractivity contribution < 1.29 is 9.47 Å². The molecule has 0 bridgehead atoms. The fourth-order valence-electron chi connectivity index (χ4n) is 5.78. The highest BCUT2D eigenvalue weighted by Crippen LogP contribution is 2.24. The van der Waals surface area contributed by atoms with Crippen LogP contribution in [0.5, 0.6) is 11.5 Å². The number of hydrogen-bond donors (Lipinski definition) is 0. The lowest BCUT2D eigenvalue weighted by Crippen LogP contribution is -2.46. The van der Waals surface area contributed by atoms with Crippen LogP contribution in [0.15, 0.2) is 90.0 Å². The number of para-hydroxylation sites is 1. The van der Waals surface area contributed by atoms with Gasteiger partial charge in [0.1, 0.15) is 24.4 Å². The molecule has 2 aliphatic heterocycles. The Balaban J connectivity index is 1.00. The summed E-state index contributed by atoms with van der Waals surface area (Å²) >= 11 is 0. The van der Waals surface area contributed by atoms with Gasteiger partial charge in [0, 0.05) is 57.2 Å². The van der Waals surface area contributed by atoms with E-state index in [1.54, 1.807) is 22.7 Å². The van der Waals surface area contributed by atoms with E-state index in [0.29, 0.717) is 6.61 Å². The van der Waals surface area contributed by atoms with Crippen LogP contribution in [0.25, 0.3) is 5.69 Å². The van der Waals surface area contributed by atoms with Crippen LogP contribution < -0.4 is 25.0 Å². The number of benzene rings is 3. The van der Waals surface area contributed by atoms with Crippen molar-refractivity contribution in [2.24, 2.45) is 0 Å². The van der Waals surface area contributed by atoms with E-state index in [0.717, 1.165) is 75.8 Å². The Bertz CT molecular complexity index is 1440. The van der Waals surface area contributed by atoms with Gasteiger partial charge in [0.05, 0.1) is 18.8 Å². The molecule has 6 rings (SSSR count). The van der Waals surface area contributed by atoms with Gasteiger partial charge in [-0.3, -0.25) is 4.90 Å². The maximum atomic E-state index is 13.3. The van der Waals surface area contributed by atoms with Crippen LogP contribution >= 0.6 is 0 Å². The molecule has 0 radical (unpaired) electrons. The van der Waals surface area contributed by atoms with Crippen LogP contribution in [0, 0.1) is 0 Å². The Labute approximate surface area is 241 Å². The quantitative estimate of drug-likeness (QED) is 0.309. The van der Waals surface area contributed by atoms with Crippen LogP contribution in [-0.2, 0) is 0 Å². The lowest BCUT2D eigenvalue weighted by molar-refractivity contribution is 0.151. The third kappa shape index (κ3) is 6.25. The predicted molar refractivity (Wildman–Crippen MR) is 162 cm³/mol. The Kier molecular flexibility index (Phi) is 8.23. The average molecular weight is 555 g/mol. The van der Waals surface area contributed by atoms with Crippen LogP contribution in [-0.4, -0.2) is 78.8 Å². The van der Waals surface area contributed by atoms with Gasteiger partial charge in [0.25, 0.3) is 0 Å². The first-order chi connectivity index (χ1) is 20.2. The molecule has 0 N–H and O–H groups in total. The van der Waals surface area contributed by atoms with Gasteiger partial charge in [-0.25, -0.2) is 14.0 Å². The van der Waals surface area contributed by atoms with Gasteiger partial charge in [0.15, 0.2) is 0 Å². The van der Waals surface area contributed by atoms with E-state index in [2.05, 4.69) is 44.1 Å². The van der Waals surface area contributed by atoms with Crippen molar-refractivity contribution in [2.75, 3.05) is 69.3 Å². The Morgan fingerprint density at radius 1 is 0.732 bits per heavy atom. The molecule has 0 saturated carbocycles. The molecule has 3 heterocycles. The number of hydrogen-bond acceptors (Lipinski definition) is 7. The molecule has 0 amide bonds. The third-order valence-corrected chi connectivity index (χ3v) is 8.23. The van der Waals surface area contributed by atoms with E-state index in [1.807, 2.05) is 54.6 Å². The summed E-state index contributed by atoms with van der Waals surface area (Å²) in [5.41, 5.74) is 3.17. The number of aromatic nitrogens is 3. The van der Waals surface area contributed by atoms with Gasteiger partial charge >= 0.3 is 5.69 Å². The van der Waals surface area contributed by atoms with Crippen molar-refractivity contribution in [2.45, 2.75) is 18.9 Å². The first-order valence-corrected chi connectivity index (χ1v) is 14.5. The minimum absolute atomic E-state index is 0.0725. The van der Waals surface area contributed by atoms with Crippen molar-refractivity contribution in [3.63, 3.8) is 0 Å². The zero-order chi connectivity index (χ0) is 28.0. The summed E-state index contributed by atoms with van der Waals surface area (Å²) in [4.78, 5) is 20.5. The maximum Gasteiger partial charge on any atom is 0.350 e. The summed E-state index contributed by atoms with van der Waals surface area (Å²) in [6.07, 6.45) is 3.47. The highest BCUT2D eigenvalue weighted by atomic mass is 16.5. The van der Waals surface area contributed by atoms with Crippen molar-refractivity contribution in [1.82, 2.24) is 19.2 Å². The van der Waals surface area contributed by atoms with Crippen molar-refractivity contribution in [3.05, 3.63) is 95.7 Å². The van der Waals surface area contributed by atoms with Crippen LogP contribution in [0.2, 0.25) is 0 Å². The largest absolute Gasteiger partial charge is 0.497 e. The molecule has 2 aliphatic rings. The van der Waals surface area contributed by atoms with Crippen LogP contribution in [0.3, 0.4) is 0 Å². The summed E-state index contributed by atoms with van der Waals surface area (Å²) in [7, 11) is 1.69. The number of methoxy groups -OCH3 is 1. The predicted octanol–water partition coefficient (Wildman–Crippen LogP) is 4.09. The number of rotatable bonds is 9. The first kappa shape index (κ1) is 27.0. The maximum absolute atomic E-state index is 13.3. The summed E-state index contributed by atoms with van der Waals surface area (Å²) in [5.74, 6) is 1.78. The molecule has 4 aromatic rings. The number of piperazine rings is 1. The fraction of sp³-hybridized carbons (Fsp3) is 0.375. The molecule has 3 aromatic carbocycles. The third-order valence-electron chi connectivity index (χ3n) is 8.23. The van der Waals surface area contributed by atoms with E-state index in [9.17, 15) is 4.79 Å². The molecule has 9 nitrogen and oxygen atoms in total. The van der Waals surface area contributed by atoms with Gasteiger partial charge in [-0.2, -0.15) is 5.10 Å². The van der Waals surface area contributed by atoms with Gasteiger partial charge in [0.2, 0.25) is 0 Å². The highest BCUT2D eigenvalue weighted by Gasteiger charge is 2.24. The normalized spacial score (nSPS) is 16.6. The number of ether oxygens (including phenoxy) is 2. The van der Waals surface area contributed by atoms with E-state index in [1.165, 1.54) is 11.4 Å². The first-order valence-electron chi connectivity index (χ1n) is 14.5. The number of piperidine rings is 1. The van der Waals surface area contributed by atoms with Crippen molar-refractivity contribution >= 4 is 11.4 Å². The van der Waals surface area contributed by atoms with E-state index in [4.69, 9.17) is 9.47 Å².